The van der Waals surface area contributed by atoms with Gasteiger partial charge < -0.3 is 23.2 Å². The highest BCUT2D eigenvalue weighted by molar-refractivity contribution is 7.98. The van der Waals surface area contributed by atoms with Crippen LogP contribution >= 0.6 is 20.4 Å². The Morgan fingerprint density at radius 3 is 1.62 bits per heavy atom. The molecule has 0 rings (SSSR count). The van der Waals surface area contributed by atoms with E-state index >= 15 is 0 Å². The van der Waals surface area contributed by atoms with Crippen LogP contribution in [0.5, 0.6) is 0 Å². The molecular formula is C27H61NO4PS+. The third kappa shape index (κ3) is 32.6. The van der Waals surface area contributed by atoms with E-state index < -0.39 is 8.60 Å². The van der Waals surface area contributed by atoms with Crippen molar-refractivity contribution in [1.29, 1.82) is 0 Å². The van der Waals surface area contributed by atoms with Crippen LogP contribution in [-0.2, 0) is 18.3 Å². The second-order valence-electron chi connectivity index (χ2n) is 9.49. The van der Waals surface area contributed by atoms with Gasteiger partial charge in [0.25, 0.3) is 0 Å². The number of hydrogen-bond donors (Lipinski definition) is 1. The van der Waals surface area contributed by atoms with Crippen molar-refractivity contribution in [2.45, 2.75) is 116 Å². The Kier molecular flexibility index (Phi) is 34.2. The van der Waals surface area contributed by atoms with Crippen LogP contribution in [-0.4, -0.2) is 66.2 Å². The summed E-state index contributed by atoms with van der Waals surface area (Å²) in [5, 5.41) is 0. The van der Waals surface area contributed by atoms with Gasteiger partial charge in [-0.05, 0) is 31.8 Å². The van der Waals surface area contributed by atoms with Gasteiger partial charge in [0.05, 0.1) is 40.5 Å². The Bertz CT molecular complexity index is 365. The predicted octanol–water partition coefficient (Wildman–Crippen LogP) is 7.29. The van der Waals surface area contributed by atoms with Gasteiger partial charge >= 0.3 is 8.60 Å². The molecule has 0 amide bonds. The van der Waals surface area contributed by atoms with Gasteiger partial charge in [-0.2, -0.15) is 11.8 Å². The Labute approximate surface area is 219 Å². The Morgan fingerprint density at radius 2 is 1.21 bits per heavy atom. The van der Waals surface area contributed by atoms with Gasteiger partial charge in [-0.1, -0.05) is 90.4 Å². The largest absolute Gasteiger partial charge is 0.376 e. The number of unbranched alkanes of at least 4 members (excludes halogenated alkanes) is 13. The molecule has 0 saturated heterocycles. The first-order valence-corrected chi connectivity index (χ1v) is 16.5. The van der Waals surface area contributed by atoms with E-state index in [4.69, 9.17) is 18.3 Å². The topological polar surface area (TPSA) is 41.4 Å². The summed E-state index contributed by atoms with van der Waals surface area (Å²) in [6.07, 6.45) is 22.7. The second-order valence-corrected chi connectivity index (χ2v) is 11.8. The average molecular weight is 527 g/mol. The summed E-state index contributed by atoms with van der Waals surface area (Å²) in [5.41, 5.74) is 0. The van der Waals surface area contributed by atoms with Crippen LogP contribution in [0.1, 0.15) is 110 Å². The molecule has 0 fully saturated rings. The maximum atomic E-state index is 6.09. The van der Waals surface area contributed by atoms with Crippen molar-refractivity contribution in [1.82, 2.24) is 0 Å². The summed E-state index contributed by atoms with van der Waals surface area (Å²) in [6, 6.07) is 0. The SMILES string of the molecule is CCCCCCCCCCCCCCCCOC(CCSC)COP(OC)OCC.C[NH+](C)C. The fourth-order valence-corrected chi connectivity index (χ4v) is 4.69. The molecule has 2 atom stereocenters. The van der Waals surface area contributed by atoms with Gasteiger partial charge in [-0.25, -0.2) is 0 Å². The highest BCUT2D eigenvalue weighted by Gasteiger charge is 2.15. The van der Waals surface area contributed by atoms with Crippen LogP contribution in [0.15, 0.2) is 0 Å². The fourth-order valence-electron chi connectivity index (χ4n) is 3.40. The summed E-state index contributed by atoms with van der Waals surface area (Å²) < 4.78 is 22.5. The van der Waals surface area contributed by atoms with E-state index in [0.717, 1.165) is 25.2 Å². The number of rotatable bonds is 25. The van der Waals surface area contributed by atoms with E-state index in [-0.39, 0.29) is 6.10 Å². The standard InChI is InChI=1S/C24H51O4PS.C3H9N/c1-5-7-8-9-10-11-12-13-14-15-16-17-18-19-21-26-24(20-22-30-4)23-28-29(25-3)27-6-2;1-4(2)3/h24H,5-23H2,1-4H3;1-3H3/p+1. The van der Waals surface area contributed by atoms with Crippen molar-refractivity contribution in [3.8, 4) is 0 Å². The molecule has 0 aliphatic heterocycles. The molecule has 5 nitrogen and oxygen atoms in total. The Balaban J connectivity index is 0. The molecule has 0 aromatic rings. The predicted molar refractivity (Wildman–Crippen MR) is 153 cm³/mol. The highest BCUT2D eigenvalue weighted by atomic mass is 32.2. The summed E-state index contributed by atoms with van der Waals surface area (Å²) >= 11 is 1.85. The molecule has 34 heavy (non-hydrogen) atoms. The Hall–Kier alpha value is 0.580. The third-order valence-electron chi connectivity index (χ3n) is 5.24. The lowest BCUT2D eigenvalue weighted by atomic mass is 10.0. The first kappa shape index (κ1) is 36.7. The number of thioether (sulfide) groups is 1. The van der Waals surface area contributed by atoms with Crippen LogP contribution in [0.2, 0.25) is 0 Å². The molecule has 1 N–H and O–H groups in total. The molecule has 7 heteroatoms. The summed E-state index contributed by atoms with van der Waals surface area (Å²) in [4.78, 5) is 1.42. The first-order valence-electron chi connectivity index (χ1n) is 14.0. The lowest BCUT2D eigenvalue weighted by Gasteiger charge is -2.20. The van der Waals surface area contributed by atoms with Crippen LogP contribution in [0.25, 0.3) is 0 Å². The van der Waals surface area contributed by atoms with Gasteiger partial charge in [-0.15, -0.1) is 0 Å². The molecule has 0 radical (unpaired) electrons. The van der Waals surface area contributed by atoms with E-state index in [1.54, 1.807) is 7.11 Å². The lowest BCUT2D eigenvalue weighted by Crippen LogP contribution is -3.02. The zero-order valence-corrected chi connectivity index (χ0v) is 25.7. The zero-order valence-electron chi connectivity index (χ0n) is 24.0. The minimum Gasteiger partial charge on any atom is -0.376 e. The lowest BCUT2D eigenvalue weighted by molar-refractivity contribution is -0.836. The van der Waals surface area contributed by atoms with E-state index in [0.29, 0.717) is 13.2 Å². The van der Waals surface area contributed by atoms with Crippen molar-refractivity contribution >= 4 is 20.4 Å². The van der Waals surface area contributed by atoms with Gasteiger partial charge in [0.2, 0.25) is 0 Å². The molecule has 0 aliphatic carbocycles. The summed E-state index contributed by atoms with van der Waals surface area (Å²) in [7, 11) is 6.65. The summed E-state index contributed by atoms with van der Waals surface area (Å²) in [6.45, 7) is 6.23. The van der Waals surface area contributed by atoms with Crippen molar-refractivity contribution in [2.75, 3.05) is 60.1 Å². The molecule has 0 heterocycles. The first-order chi connectivity index (χ1) is 16.5. The Morgan fingerprint density at radius 1 is 0.735 bits per heavy atom. The number of quaternary nitrogens is 1. The third-order valence-corrected chi connectivity index (χ3v) is 7.02. The zero-order chi connectivity index (χ0) is 25.7. The average Bonchev–Trinajstić information content (AvgIpc) is 2.81. The second kappa shape index (κ2) is 31.6. The minimum atomic E-state index is -1.23. The van der Waals surface area contributed by atoms with E-state index in [1.807, 2.05) is 18.7 Å². The van der Waals surface area contributed by atoms with Gasteiger partial charge in [0.1, 0.15) is 0 Å². The maximum Gasteiger partial charge on any atom is 0.332 e. The smallest absolute Gasteiger partial charge is 0.332 e. The fraction of sp³-hybridized carbons (Fsp3) is 1.00. The molecule has 0 spiro atoms. The van der Waals surface area contributed by atoms with Crippen molar-refractivity contribution in [3.63, 3.8) is 0 Å². The molecule has 0 aromatic heterocycles. The minimum absolute atomic E-state index is 0.139. The molecule has 0 aliphatic rings. The normalized spacial score (nSPS) is 13.1. The quantitative estimate of drug-likeness (QED) is 0.0999. The summed E-state index contributed by atoms with van der Waals surface area (Å²) in [5.74, 6) is 1.09. The number of hydrogen-bond acceptors (Lipinski definition) is 5. The van der Waals surface area contributed by atoms with E-state index in [1.165, 1.54) is 88.4 Å². The van der Waals surface area contributed by atoms with Crippen molar-refractivity contribution in [3.05, 3.63) is 0 Å². The van der Waals surface area contributed by atoms with E-state index in [9.17, 15) is 0 Å². The van der Waals surface area contributed by atoms with Gasteiger partial charge in [-0.3, -0.25) is 0 Å². The molecule has 0 saturated carbocycles. The van der Waals surface area contributed by atoms with Gasteiger partial charge in [0.15, 0.2) is 0 Å². The number of ether oxygens (including phenoxy) is 1. The highest BCUT2D eigenvalue weighted by Crippen LogP contribution is 2.38. The van der Waals surface area contributed by atoms with Crippen LogP contribution < -0.4 is 4.90 Å². The molecule has 208 valence electrons. The molecule has 0 aromatic carbocycles. The van der Waals surface area contributed by atoms with Crippen LogP contribution in [0.4, 0.5) is 0 Å². The van der Waals surface area contributed by atoms with Crippen molar-refractivity contribution < 1.29 is 23.2 Å². The monoisotopic (exact) mass is 526 g/mol. The van der Waals surface area contributed by atoms with Gasteiger partial charge in [0, 0.05) is 13.7 Å². The van der Waals surface area contributed by atoms with Crippen LogP contribution in [0.3, 0.4) is 0 Å². The molecular weight excluding hydrogens is 465 g/mol. The van der Waals surface area contributed by atoms with E-state index in [2.05, 4.69) is 34.3 Å². The number of nitrogens with one attached hydrogen (secondary N) is 1. The molecule has 2 unspecified atom stereocenters. The van der Waals surface area contributed by atoms with Crippen molar-refractivity contribution in [2.24, 2.45) is 0 Å². The maximum absolute atomic E-state index is 6.09. The van der Waals surface area contributed by atoms with Crippen LogP contribution in [0, 0.1) is 0 Å². The molecule has 0 bridgehead atoms.